The molecule has 1 aromatic carbocycles. The minimum Gasteiger partial charge on any atom is -0.464 e. The second kappa shape index (κ2) is 8.08. The van der Waals surface area contributed by atoms with Gasteiger partial charge in [-0.15, -0.1) is 0 Å². The Morgan fingerprint density at radius 3 is 2.81 bits per heavy atom. The van der Waals surface area contributed by atoms with Crippen LogP contribution < -0.4 is 15.0 Å². The Balaban J connectivity index is 1.84. The van der Waals surface area contributed by atoms with Crippen LogP contribution in [0, 0.1) is 0 Å². The molecule has 1 aliphatic rings. The molecule has 142 valence electrons. The number of nitrogens with zero attached hydrogens (tertiary/aromatic N) is 2. The number of benzene rings is 1. The molecule has 0 fully saturated rings. The van der Waals surface area contributed by atoms with Gasteiger partial charge in [0.15, 0.2) is 11.6 Å². The van der Waals surface area contributed by atoms with Crippen LogP contribution in [0.4, 0.5) is 5.82 Å². The molecule has 2 aromatic rings. The monoisotopic (exact) mass is 431 g/mol. The van der Waals surface area contributed by atoms with Gasteiger partial charge < -0.3 is 10.1 Å². The molecule has 0 bridgehead atoms. The lowest BCUT2D eigenvalue weighted by Gasteiger charge is -2.38. The first-order valence-electron chi connectivity index (χ1n) is 8.95. The van der Waals surface area contributed by atoms with Crippen LogP contribution >= 0.6 is 15.9 Å². The highest BCUT2D eigenvalue weighted by atomic mass is 79.9. The predicted molar refractivity (Wildman–Crippen MR) is 107 cm³/mol. The third kappa shape index (κ3) is 3.83. The summed E-state index contributed by atoms with van der Waals surface area (Å²) in [6.45, 7) is 4.35. The molecular formula is C20H22BrN3O3. The minimum absolute atomic E-state index is 0.293. The molecule has 1 unspecified atom stereocenters. The van der Waals surface area contributed by atoms with E-state index in [1.807, 2.05) is 31.2 Å². The minimum atomic E-state index is -1.63. The number of anilines is 1. The molecule has 6 nitrogen and oxygen atoms in total. The van der Waals surface area contributed by atoms with E-state index in [4.69, 9.17) is 4.74 Å². The van der Waals surface area contributed by atoms with E-state index in [-0.39, 0.29) is 0 Å². The molecule has 0 radical (unpaired) electrons. The second-order valence-corrected chi connectivity index (χ2v) is 7.40. The molecule has 1 aromatic heterocycles. The summed E-state index contributed by atoms with van der Waals surface area (Å²) in [5.41, 5.74) is -0.715. The van der Waals surface area contributed by atoms with Crippen molar-refractivity contribution in [3.05, 3.63) is 52.6 Å². The summed E-state index contributed by atoms with van der Waals surface area (Å²) in [6, 6.07) is 11.1. The van der Waals surface area contributed by atoms with Crippen LogP contribution in [0.15, 0.2) is 47.1 Å². The van der Waals surface area contributed by atoms with Gasteiger partial charge in [-0.25, -0.2) is 4.98 Å². The smallest absolute Gasteiger partial charge is 0.282 e. The van der Waals surface area contributed by atoms with Crippen LogP contribution in [0.3, 0.4) is 0 Å². The van der Waals surface area contributed by atoms with E-state index in [1.165, 1.54) is 6.92 Å². The quantitative estimate of drug-likeness (QED) is 0.710. The number of nitrogens with one attached hydrogen (secondary N) is 1. The van der Waals surface area contributed by atoms with Gasteiger partial charge in [0.25, 0.3) is 17.4 Å². The number of halogens is 1. The maximum absolute atomic E-state index is 13.1. The SMILES string of the molecule is CCCCN1C(=O)C(C)(C(=O)NCc2ccccc2Br)Oc2cccnc21. The predicted octanol–water partition coefficient (Wildman–Crippen LogP) is 3.44. The Morgan fingerprint density at radius 2 is 2.07 bits per heavy atom. The Morgan fingerprint density at radius 1 is 1.30 bits per heavy atom. The molecule has 0 spiro atoms. The zero-order valence-electron chi connectivity index (χ0n) is 15.4. The molecule has 7 heteroatoms. The lowest BCUT2D eigenvalue weighted by molar-refractivity contribution is -0.148. The van der Waals surface area contributed by atoms with Crippen LogP contribution in [0.2, 0.25) is 0 Å². The Bertz CT molecular complexity index is 858. The standard InChI is InChI=1S/C20H22BrN3O3/c1-3-4-12-24-17-16(10-7-11-22-17)27-20(2,19(24)26)18(25)23-13-14-8-5-6-9-15(14)21/h5-11H,3-4,12-13H2,1-2H3,(H,23,25). The molecule has 1 aliphatic heterocycles. The largest absolute Gasteiger partial charge is 0.464 e. The van der Waals surface area contributed by atoms with Gasteiger partial charge in [0.2, 0.25) is 0 Å². The van der Waals surface area contributed by atoms with Crippen molar-refractivity contribution < 1.29 is 14.3 Å². The summed E-state index contributed by atoms with van der Waals surface area (Å²) < 4.78 is 6.74. The number of hydrogen-bond acceptors (Lipinski definition) is 4. The third-order valence-electron chi connectivity index (χ3n) is 4.54. The summed E-state index contributed by atoms with van der Waals surface area (Å²) in [5, 5.41) is 2.83. The van der Waals surface area contributed by atoms with Crippen LogP contribution in [-0.2, 0) is 16.1 Å². The van der Waals surface area contributed by atoms with Crippen LogP contribution in [0.25, 0.3) is 0 Å². The van der Waals surface area contributed by atoms with E-state index in [2.05, 4.69) is 26.2 Å². The highest BCUT2D eigenvalue weighted by Gasteiger charge is 2.50. The van der Waals surface area contributed by atoms with Gasteiger partial charge in [-0.1, -0.05) is 47.5 Å². The van der Waals surface area contributed by atoms with E-state index < -0.39 is 17.4 Å². The fourth-order valence-corrected chi connectivity index (χ4v) is 3.36. The number of aromatic nitrogens is 1. The van der Waals surface area contributed by atoms with Crippen molar-refractivity contribution >= 4 is 33.6 Å². The molecule has 27 heavy (non-hydrogen) atoms. The van der Waals surface area contributed by atoms with E-state index in [0.29, 0.717) is 24.7 Å². The first-order valence-corrected chi connectivity index (χ1v) is 9.74. The molecule has 0 saturated heterocycles. The number of amides is 2. The summed E-state index contributed by atoms with van der Waals surface area (Å²) in [4.78, 5) is 31.9. The topological polar surface area (TPSA) is 71.5 Å². The highest BCUT2D eigenvalue weighted by molar-refractivity contribution is 9.10. The van der Waals surface area contributed by atoms with Crippen LogP contribution in [-0.4, -0.2) is 28.9 Å². The molecule has 1 atom stereocenters. The summed E-state index contributed by atoms with van der Waals surface area (Å²) in [6.07, 6.45) is 3.36. The number of unbranched alkanes of at least 4 members (excludes halogenated alkanes) is 1. The van der Waals surface area contributed by atoms with Crippen molar-refractivity contribution in [2.75, 3.05) is 11.4 Å². The van der Waals surface area contributed by atoms with Crippen molar-refractivity contribution in [1.29, 1.82) is 0 Å². The van der Waals surface area contributed by atoms with Crippen molar-refractivity contribution in [3.63, 3.8) is 0 Å². The average molecular weight is 432 g/mol. The number of ether oxygens (including phenoxy) is 1. The van der Waals surface area contributed by atoms with Crippen LogP contribution in [0.5, 0.6) is 5.75 Å². The summed E-state index contributed by atoms with van der Waals surface area (Å²) in [5.74, 6) is 0.0322. The number of pyridine rings is 1. The van der Waals surface area contributed by atoms with Crippen molar-refractivity contribution in [2.24, 2.45) is 0 Å². The molecule has 1 N–H and O–H groups in total. The van der Waals surface area contributed by atoms with E-state index in [1.54, 1.807) is 23.2 Å². The second-order valence-electron chi connectivity index (χ2n) is 6.54. The van der Waals surface area contributed by atoms with Gasteiger partial charge in [0.05, 0.1) is 0 Å². The fraction of sp³-hybridized carbons (Fsp3) is 0.350. The number of carbonyl (C=O) groups is 2. The van der Waals surface area contributed by atoms with Crippen LogP contribution in [0.1, 0.15) is 32.3 Å². The Kier molecular flexibility index (Phi) is 5.79. The van der Waals surface area contributed by atoms with Gasteiger partial charge in [0, 0.05) is 23.8 Å². The number of carbonyl (C=O) groups excluding carboxylic acids is 2. The molecule has 0 saturated carbocycles. The van der Waals surface area contributed by atoms with Crippen molar-refractivity contribution in [3.8, 4) is 5.75 Å². The lowest BCUT2D eigenvalue weighted by Crippen LogP contribution is -2.62. The Hall–Kier alpha value is -2.41. The third-order valence-corrected chi connectivity index (χ3v) is 5.31. The van der Waals surface area contributed by atoms with Crippen molar-refractivity contribution in [2.45, 2.75) is 38.8 Å². The summed E-state index contributed by atoms with van der Waals surface area (Å²) in [7, 11) is 0. The summed E-state index contributed by atoms with van der Waals surface area (Å²) >= 11 is 3.46. The molecule has 3 rings (SSSR count). The lowest BCUT2D eigenvalue weighted by atomic mass is 10.0. The van der Waals surface area contributed by atoms with E-state index in [0.717, 1.165) is 22.9 Å². The molecular weight excluding hydrogens is 410 g/mol. The first kappa shape index (κ1) is 19.4. The van der Waals surface area contributed by atoms with Gasteiger partial charge in [-0.05, 0) is 37.1 Å². The maximum atomic E-state index is 13.1. The maximum Gasteiger partial charge on any atom is 0.282 e. The van der Waals surface area contributed by atoms with Gasteiger partial charge in [0.1, 0.15) is 0 Å². The molecule has 2 amide bonds. The van der Waals surface area contributed by atoms with Gasteiger partial charge in [-0.3, -0.25) is 14.5 Å². The van der Waals surface area contributed by atoms with E-state index >= 15 is 0 Å². The normalized spacial score (nSPS) is 18.6. The van der Waals surface area contributed by atoms with Crippen molar-refractivity contribution in [1.82, 2.24) is 10.3 Å². The zero-order chi connectivity index (χ0) is 19.4. The number of fused-ring (bicyclic) bond motifs is 1. The highest BCUT2D eigenvalue weighted by Crippen LogP contribution is 2.36. The zero-order valence-corrected chi connectivity index (χ0v) is 17.0. The first-order chi connectivity index (χ1) is 13.0. The van der Waals surface area contributed by atoms with Gasteiger partial charge >= 0.3 is 0 Å². The molecule has 2 heterocycles. The van der Waals surface area contributed by atoms with E-state index in [9.17, 15) is 9.59 Å². The number of hydrogen-bond donors (Lipinski definition) is 1. The number of rotatable bonds is 6. The fourth-order valence-electron chi connectivity index (χ4n) is 2.93. The van der Waals surface area contributed by atoms with Gasteiger partial charge in [-0.2, -0.15) is 0 Å². The average Bonchev–Trinajstić information content (AvgIpc) is 2.67. The molecule has 0 aliphatic carbocycles. The Labute approximate surface area is 167 Å².